The minimum Gasteiger partial charge on any atom is -0.493 e. The van der Waals surface area contributed by atoms with Crippen LogP contribution in [0.1, 0.15) is 22.8 Å². The van der Waals surface area contributed by atoms with Gasteiger partial charge in [0.05, 0.1) is 17.7 Å². The maximum Gasteiger partial charge on any atom is 0.197 e. The third-order valence-electron chi connectivity index (χ3n) is 3.32. The van der Waals surface area contributed by atoms with E-state index in [2.05, 4.69) is 4.98 Å². The first-order valence-corrected chi connectivity index (χ1v) is 6.91. The van der Waals surface area contributed by atoms with Gasteiger partial charge in [-0.3, -0.25) is 9.78 Å². The molecule has 0 unspecified atom stereocenters. The van der Waals surface area contributed by atoms with Crippen LogP contribution in [0.25, 0.3) is 10.9 Å². The highest BCUT2D eigenvalue weighted by molar-refractivity contribution is 6.17. The van der Waals surface area contributed by atoms with Crippen LogP contribution in [0.15, 0.2) is 60.8 Å². The van der Waals surface area contributed by atoms with E-state index in [1.807, 2.05) is 55.5 Å². The molecule has 0 spiro atoms. The number of pyridine rings is 1. The number of aromatic nitrogens is 1. The molecule has 3 nitrogen and oxygen atoms in total. The smallest absolute Gasteiger partial charge is 0.197 e. The monoisotopic (exact) mass is 277 g/mol. The standard InChI is InChI=1S/C18H15NO2/c1-2-21-17-11-4-3-7-15(17)18(20)14-8-5-10-16-13(14)9-6-12-19-16/h3-12H,2H2,1H3. The lowest BCUT2D eigenvalue weighted by Crippen LogP contribution is -2.06. The van der Waals surface area contributed by atoms with Crippen molar-refractivity contribution in [1.29, 1.82) is 0 Å². The number of hydrogen-bond donors (Lipinski definition) is 0. The van der Waals surface area contributed by atoms with E-state index < -0.39 is 0 Å². The summed E-state index contributed by atoms with van der Waals surface area (Å²) in [4.78, 5) is 17.1. The number of ether oxygens (including phenoxy) is 1. The highest BCUT2D eigenvalue weighted by atomic mass is 16.5. The maximum absolute atomic E-state index is 12.8. The molecule has 0 aliphatic heterocycles. The van der Waals surface area contributed by atoms with Crippen molar-refractivity contribution >= 4 is 16.7 Å². The molecule has 3 heteroatoms. The molecular formula is C18H15NO2. The Balaban J connectivity index is 2.13. The van der Waals surface area contributed by atoms with Gasteiger partial charge < -0.3 is 4.74 Å². The number of rotatable bonds is 4. The van der Waals surface area contributed by atoms with Crippen LogP contribution in [-0.4, -0.2) is 17.4 Å². The van der Waals surface area contributed by atoms with Crippen LogP contribution >= 0.6 is 0 Å². The molecule has 0 amide bonds. The van der Waals surface area contributed by atoms with Crippen molar-refractivity contribution in [3.63, 3.8) is 0 Å². The lowest BCUT2D eigenvalue weighted by Gasteiger charge is -2.10. The Morgan fingerprint density at radius 2 is 1.81 bits per heavy atom. The van der Waals surface area contributed by atoms with Gasteiger partial charge in [-0.25, -0.2) is 0 Å². The second kappa shape index (κ2) is 5.75. The van der Waals surface area contributed by atoms with Crippen molar-refractivity contribution in [2.45, 2.75) is 6.92 Å². The number of ketones is 1. The van der Waals surface area contributed by atoms with Gasteiger partial charge in [-0.2, -0.15) is 0 Å². The van der Waals surface area contributed by atoms with E-state index in [-0.39, 0.29) is 5.78 Å². The minimum absolute atomic E-state index is 0.0438. The van der Waals surface area contributed by atoms with E-state index in [0.29, 0.717) is 23.5 Å². The Kier molecular flexibility index (Phi) is 3.65. The van der Waals surface area contributed by atoms with Crippen molar-refractivity contribution in [2.24, 2.45) is 0 Å². The highest BCUT2D eigenvalue weighted by Crippen LogP contribution is 2.25. The van der Waals surface area contributed by atoms with E-state index in [4.69, 9.17) is 4.74 Å². The molecule has 3 rings (SSSR count). The van der Waals surface area contributed by atoms with Gasteiger partial charge in [0.25, 0.3) is 0 Å². The first-order valence-electron chi connectivity index (χ1n) is 6.91. The SMILES string of the molecule is CCOc1ccccc1C(=O)c1cccc2ncccc12. The topological polar surface area (TPSA) is 39.2 Å². The molecule has 0 N–H and O–H groups in total. The van der Waals surface area contributed by atoms with Gasteiger partial charge in [-0.15, -0.1) is 0 Å². The first kappa shape index (κ1) is 13.3. The third kappa shape index (κ3) is 2.50. The third-order valence-corrected chi connectivity index (χ3v) is 3.32. The Bertz CT molecular complexity index is 791. The molecule has 3 aromatic rings. The molecule has 0 saturated heterocycles. The molecule has 0 fully saturated rings. The summed E-state index contributed by atoms with van der Waals surface area (Å²) >= 11 is 0. The van der Waals surface area contributed by atoms with Gasteiger partial charge >= 0.3 is 0 Å². The van der Waals surface area contributed by atoms with Gasteiger partial charge in [0, 0.05) is 17.1 Å². The maximum atomic E-state index is 12.8. The fourth-order valence-electron chi connectivity index (χ4n) is 2.38. The van der Waals surface area contributed by atoms with Crippen LogP contribution in [0.3, 0.4) is 0 Å². The predicted molar refractivity (Wildman–Crippen MR) is 82.8 cm³/mol. The zero-order chi connectivity index (χ0) is 14.7. The quantitative estimate of drug-likeness (QED) is 0.680. The summed E-state index contributed by atoms with van der Waals surface area (Å²) in [6.07, 6.45) is 1.73. The normalized spacial score (nSPS) is 10.5. The van der Waals surface area contributed by atoms with Gasteiger partial charge in [0.1, 0.15) is 5.75 Å². The second-order valence-electron chi connectivity index (χ2n) is 4.63. The average Bonchev–Trinajstić information content (AvgIpc) is 2.54. The van der Waals surface area contributed by atoms with E-state index in [0.717, 1.165) is 10.9 Å². The van der Waals surface area contributed by atoms with Crippen LogP contribution < -0.4 is 4.74 Å². The molecule has 0 saturated carbocycles. The highest BCUT2D eigenvalue weighted by Gasteiger charge is 2.16. The Labute approximate surface area is 123 Å². The Morgan fingerprint density at radius 1 is 1.00 bits per heavy atom. The van der Waals surface area contributed by atoms with E-state index in [1.54, 1.807) is 12.3 Å². The van der Waals surface area contributed by atoms with Crippen molar-refractivity contribution in [3.05, 3.63) is 71.9 Å². The molecule has 1 heterocycles. The fourth-order valence-corrected chi connectivity index (χ4v) is 2.38. The van der Waals surface area contributed by atoms with Crippen molar-refractivity contribution in [2.75, 3.05) is 6.61 Å². The molecule has 0 atom stereocenters. The van der Waals surface area contributed by atoms with Crippen LogP contribution in [-0.2, 0) is 0 Å². The number of hydrogen-bond acceptors (Lipinski definition) is 3. The molecular weight excluding hydrogens is 262 g/mol. The number of fused-ring (bicyclic) bond motifs is 1. The number of nitrogens with zero attached hydrogens (tertiary/aromatic N) is 1. The zero-order valence-corrected chi connectivity index (χ0v) is 11.7. The number of para-hydroxylation sites is 1. The Hall–Kier alpha value is -2.68. The van der Waals surface area contributed by atoms with E-state index in [9.17, 15) is 4.79 Å². The Morgan fingerprint density at radius 3 is 2.67 bits per heavy atom. The first-order chi connectivity index (χ1) is 10.3. The average molecular weight is 277 g/mol. The van der Waals surface area contributed by atoms with E-state index >= 15 is 0 Å². The summed E-state index contributed by atoms with van der Waals surface area (Å²) in [6.45, 7) is 2.43. The molecule has 21 heavy (non-hydrogen) atoms. The van der Waals surface area contributed by atoms with Crippen LogP contribution in [0.5, 0.6) is 5.75 Å². The summed E-state index contributed by atoms with van der Waals surface area (Å²) in [5, 5.41) is 0.858. The molecule has 1 aromatic heterocycles. The molecule has 104 valence electrons. The largest absolute Gasteiger partial charge is 0.493 e. The molecule has 0 bridgehead atoms. The van der Waals surface area contributed by atoms with Gasteiger partial charge in [0.15, 0.2) is 5.78 Å². The predicted octanol–water partition coefficient (Wildman–Crippen LogP) is 3.86. The van der Waals surface area contributed by atoms with Gasteiger partial charge in [-0.1, -0.05) is 30.3 Å². The zero-order valence-electron chi connectivity index (χ0n) is 11.7. The molecule has 0 aliphatic rings. The van der Waals surface area contributed by atoms with Gasteiger partial charge in [0.2, 0.25) is 0 Å². The lowest BCUT2D eigenvalue weighted by molar-refractivity contribution is 0.103. The number of benzene rings is 2. The molecule has 0 radical (unpaired) electrons. The summed E-state index contributed by atoms with van der Waals surface area (Å²) < 4.78 is 5.56. The molecule has 2 aromatic carbocycles. The summed E-state index contributed by atoms with van der Waals surface area (Å²) in [5.41, 5.74) is 2.04. The van der Waals surface area contributed by atoms with Crippen molar-refractivity contribution in [3.8, 4) is 5.75 Å². The fraction of sp³-hybridized carbons (Fsp3) is 0.111. The number of carbonyl (C=O) groups is 1. The second-order valence-corrected chi connectivity index (χ2v) is 4.63. The van der Waals surface area contributed by atoms with Crippen LogP contribution in [0, 0.1) is 0 Å². The van der Waals surface area contributed by atoms with Crippen molar-refractivity contribution < 1.29 is 9.53 Å². The lowest BCUT2D eigenvalue weighted by atomic mass is 9.98. The summed E-state index contributed by atoms with van der Waals surface area (Å²) in [5.74, 6) is 0.573. The van der Waals surface area contributed by atoms with Crippen LogP contribution in [0.2, 0.25) is 0 Å². The molecule has 0 aliphatic carbocycles. The summed E-state index contributed by atoms with van der Waals surface area (Å²) in [7, 11) is 0. The van der Waals surface area contributed by atoms with Crippen molar-refractivity contribution in [1.82, 2.24) is 4.98 Å². The summed E-state index contributed by atoms with van der Waals surface area (Å²) in [6, 6.07) is 16.7. The minimum atomic E-state index is -0.0438. The van der Waals surface area contributed by atoms with E-state index in [1.165, 1.54) is 0 Å². The number of carbonyl (C=O) groups excluding carboxylic acids is 1. The van der Waals surface area contributed by atoms with Gasteiger partial charge in [-0.05, 0) is 31.2 Å². The van der Waals surface area contributed by atoms with Crippen LogP contribution in [0.4, 0.5) is 0 Å².